The van der Waals surface area contributed by atoms with Gasteiger partial charge in [0, 0.05) is 37.4 Å². The minimum absolute atomic E-state index is 0.000969. The van der Waals surface area contributed by atoms with Gasteiger partial charge in [0.05, 0.1) is 13.2 Å². The van der Waals surface area contributed by atoms with Crippen LogP contribution in [0, 0.1) is 5.41 Å². The maximum Gasteiger partial charge on any atom is 0.0519 e. The van der Waals surface area contributed by atoms with Crippen molar-refractivity contribution in [2.24, 2.45) is 12.5 Å². The summed E-state index contributed by atoms with van der Waals surface area (Å²) in [6, 6.07) is 4.09. The van der Waals surface area contributed by atoms with E-state index in [-0.39, 0.29) is 13.2 Å². The maximum absolute atomic E-state index is 9.22. The normalized spacial score (nSPS) is 12.4. The molecule has 0 aromatic carbocycles. The van der Waals surface area contributed by atoms with Gasteiger partial charge >= 0.3 is 0 Å². The van der Waals surface area contributed by atoms with Crippen LogP contribution in [0.3, 0.4) is 0 Å². The van der Waals surface area contributed by atoms with E-state index in [4.69, 9.17) is 0 Å². The third-order valence-corrected chi connectivity index (χ3v) is 2.90. The molecule has 0 atom stereocenters. The van der Waals surface area contributed by atoms with Gasteiger partial charge in [-0.3, -0.25) is 4.90 Å². The molecule has 92 valence electrons. The van der Waals surface area contributed by atoms with Crippen molar-refractivity contribution in [1.82, 2.24) is 9.47 Å². The first-order valence-corrected chi connectivity index (χ1v) is 5.51. The summed E-state index contributed by atoms with van der Waals surface area (Å²) in [6.45, 7) is 3.38. The molecule has 0 saturated heterocycles. The molecule has 0 aliphatic heterocycles. The Morgan fingerprint density at radius 2 is 2.00 bits per heavy atom. The van der Waals surface area contributed by atoms with Crippen LogP contribution < -0.4 is 0 Å². The minimum atomic E-state index is -0.431. The van der Waals surface area contributed by atoms with Gasteiger partial charge in [-0.05, 0) is 19.2 Å². The molecule has 0 aliphatic rings. The molecule has 0 spiro atoms. The second-order valence-electron chi connectivity index (χ2n) is 4.91. The van der Waals surface area contributed by atoms with Crippen molar-refractivity contribution < 1.29 is 10.2 Å². The molecule has 4 heteroatoms. The van der Waals surface area contributed by atoms with E-state index in [1.54, 1.807) is 0 Å². The zero-order valence-electron chi connectivity index (χ0n) is 10.3. The Labute approximate surface area is 97.1 Å². The number of aromatic nitrogens is 1. The van der Waals surface area contributed by atoms with Crippen molar-refractivity contribution in [3.63, 3.8) is 0 Å². The lowest BCUT2D eigenvalue weighted by Gasteiger charge is -2.30. The highest BCUT2D eigenvalue weighted by atomic mass is 16.3. The predicted molar refractivity (Wildman–Crippen MR) is 64.0 cm³/mol. The topological polar surface area (TPSA) is 48.6 Å². The van der Waals surface area contributed by atoms with E-state index >= 15 is 0 Å². The number of rotatable bonds is 6. The minimum Gasteiger partial charge on any atom is -0.396 e. The molecule has 0 aliphatic carbocycles. The Morgan fingerprint density at radius 3 is 2.44 bits per heavy atom. The van der Waals surface area contributed by atoms with Gasteiger partial charge in [-0.25, -0.2) is 0 Å². The van der Waals surface area contributed by atoms with E-state index in [0.29, 0.717) is 6.54 Å². The third-order valence-electron chi connectivity index (χ3n) is 2.90. The molecule has 2 N–H and O–H groups in total. The molecule has 0 saturated carbocycles. The zero-order valence-corrected chi connectivity index (χ0v) is 10.3. The zero-order chi connectivity index (χ0) is 12.2. The number of hydrogen-bond acceptors (Lipinski definition) is 3. The van der Waals surface area contributed by atoms with E-state index in [1.165, 1.54) is 5.69 Å². The smallest absolute Gasteiger partial charge is 0.0519 e. The molecule has 0 bridgehead atoms. The first kappa shape index (κ1) is 13.2. The third kappa shape index (κ3) is 3.33. The van der Waals surface area contributed by atoms with Gasteiger partial charge in [0.25, 0.3) is 0 Å². The summed E-state index contributed by atoms with van der Waals surface area (Å²) in [5.41, 5.74) is 0.792. The molecule has 0 amide bonds. The summed E-state index contributed by atoms with van der Waals surface area (Å²) in [4.78, 5) is 2.11. The second-order valence-corrected chi connectivity index (χ2v) is 4.91. The lowest BCUT2D eigenvalue weighted by molar-refractivity contribution is 0.0397. The first-order chi connectivity index (χ1) is 7.50. The standard InChI is InChI=1S/C12H22N2O2/c1-12(9-15,10-16)8-13(2)7-11-5-4-6-14(11)3/h4-6,15-16H,7-10H2,1-3H3. The monoisotopic (exact) mass is 226 g/mol. The van der Waals surface area contributed by atoms with Crippen LogP contribution in [-0.2, 0) is 13.6 Å². The highest BCUT2D eigenvalue weighted by Crippen LogP contribution is 2.16. The van der Waals surface area contributed by atoms with Gasteiger partial charge in [0.2, 0.25) is 0 Å². The fraction of sp³-hybridized carbons (Fsp3) is 0.667. The van der Waals surface area contributed by atoms with E-state index in [0.717, 1.165) is 6.54 Å². The number of aliphatic hydroxyl groups is 2. The van der Waals surface area contributed by atoms with Crippen LogP contribution in [0.2, 0.25) is 0 Å². The number of aliphatic hydroxyl groups excluding tert-OH is 2. The van der Waals surface area contributed by atoms with Gasteiger partial charge in [0.1, 0.15) is 0 Å². The summed E-state index contributed by atoms with van der Waals surface area (Å²) < 4.78 is 2.08. The van der Waals surface area contributed by atoms with Gasteiger partial charge in [-0.2, -0.15) is 0 Å². The van der Waals surface area contributed by atoms with Crippen LogP contribution >= 0.6 is 0 Å². The first-order valence-electron chi connectivity index (χ1n) is 5.51. The van der Waals surface area contributed by atoms with Crippen molar-refractivity contribution in [3.8, 4) is 0 Å². The van der Waals surface area contributed by atoms with E-state index < -0.39 is 5.41 Å². The molecule has 1 rings (SSSR count). The summed E-state index contributed by atoms with van der Waals surface area (Å²) in [5.74, 6) is 0. The van der Waals surface area contributed by atoms with Crippen LogP contribution in [0.15, 0.2) is 18.3 Å². The lowest BCUT2D eigenvalue weighted by Crippen LogP contribution is -2.38. The summed E-state index contributed by atoms with van der Waals surface area (Å²) in [5, 5.41) is 18.4. The molecule has 0 fully saturated rings. The van der Waals surface area contributed by atoms with Crippen molar-refractivity contribution in [2.75, 3.05) is 26.8 Å². The molecule has 0 unspecified atom stereocenters. The molecular weight excluding hydrogens is 204 g/mol. The molecule has 4 nitrogen and oxygen atoms in total. The SMILES string of the molecule is CN(Cc1cccn1C)CC(C)(CO)CO. The Balaban J connectivity index is 2.53. The fourth-order valence-electron chi connectivity index (χ4n) is 1.79. The van der Waals surface area contributed by atoms with Gasteiger partial charge in [-0.15, -0.1) is 0 Å². The fourth-order valence-corrected chi connectivity index (χ4v) is 1.79. The molecule has 1 aromatic heterocycles. The number of hydrogen-bond donors (Lipinski definition) is 2. The highest BCUT2D eigenvalue weighted by Gasteiger charge is 2.24. The summed E-state index contributed by atoms with van der Waals surface area (Å²) >= 11 is 0. The van der Waals surface area contributed by atoms with Crippen molar-refractivity contribution in [1.29, 1.82) is 0 Å². The molecular formula is C12H22N2O2. The Kier molecular flexibility index (Phi) is 4.53. The quantitative estimate of drug-likeness (QED) is 0.740. The molecule has 1 heterocycles. The van der Waals surface area contributed by atoms with Crippen molar-refractivity contribution in [3.05, 3.63) is 24.0 Å². The summed E-state index contributed by atoms with van der Waals surface area (Å²) in [7, 11) is 4.01. The van der Waals surface area contributed by atoms with Crippen LogP contribution in [0.25, 0.3) is 0 Å². The van der Waals surface area contributed by atoms with Crippen LogP contribution in [0.4, 0.5) is 0 Å². The van der Waals surface area contributed by atoms with Crippen LogP contribution in [-0.4, -0.2) is 46.5 Å². The van der Waals surface area contributed by atoms with Crippen LogP contribution in [0.1, 0.15) is 12.6 Å². The average Bonchev–Trinajstić information content (AvgIpc) is 2.64. The highest BCUT2D eigenvalue weighted by molar-refractivity contribution is 5.06. The van der Waals surface area contributed by atoms with E-state index in [9.17, 15) is 10.2 Å². The number of nitrogens with zero attached hydrogens (tertiary/aromatic N) is 2. The van der Waals surface area contributed by atoms with Crippen molar-refractivity contribution >= 4 is 0 Å². The number of aryl methyl sites for hydroxylation is 1. The molecule has 1 aromatic rings. The lowest BCUT2D eigenvalue weighted by atomic mass is 9.92. The summed E-state index contributed by atoms with van der Waals surface area (Å²) in [6.07, 6.45) is 2.01. The van der Waals surface area contributed by atoms with E-state index in [1.807, 2.05) is 33.3 Å². The average molecular weight is 226 g/mol. The predicted octanol–water partition coefficient (Wildman–Crippen LogP) is 0.448. The maximum atomic E-state index is 9.22. The largest absolute Gasteiger partial charge is 0.396 e. The second kappa shape index (κ2) is 5.48. The van der Waals surface area contributed by atoms with E-state index in [2.05, 4.69) is 15.5 Å². The Bertz CT molecular complexity index is 319. The Hall–Kier alpha value is -0.840. The molecule has 0 radical (unpaired) electrons. The molecule has 16 heavy (non-hydrogen) atoms. The van der Waals surface area contributed by atoms with Crippen molar-refractivity contribution in [2.45, 2.75) is 13.5 Å². The Morgan fingerprint density at radius 1 is 1.38 bits per heavy atom. The van der Waals surface area contributed by atoms with Gasteiger partial charge in [-0.1, -0.05) is 6.92 Å². The van der Waals surface area contributed by atoms with Crippen LogP contribution in [0.5, 0.6) is 0 Å². The van der Waals surface area contributed by atoms with Gasteiger partial charge in [0.15, 0.2) is 0 Å². The van der Waals surface area contributed by atoms with Gasteiger partial charge < -0.3 is 14.8 Å².